The molecular weight excluding hydrogens is 304 g/mol. The minimum atomic E-state index is -1.60. The van der Waals surface area contributed by atoms with Crippen molar-refractivity contribution in [1.82, 2.24) is 10.2 Å². The Morgan fingerprint density at radius 3 is 2.71 bits per heavy atom. The first-order chi connectivity index (χ1) is 10.4. The Hall–Kier alpha value is -1.36. The van der Waals surface area contributed by atoms with Crippen LogP contribution < -0.4 is 5.32 Å². The fraction of sp³-hybridized carbons (Fsp3) is 0.727. The molecule has 5 atom stereocenters. The summed E-state index contributed by atoms with van der Waals surface area (Å²) in [7, 11) is 0. The summed E-state index contributed by atoms with van der Waals surface area (Å²) in [5.41, 5.74) is 0. The number of ether oxygens (including phenoxy) is 1. The van der Waals surface area contributed by atoms with Crippen molar-refractivity contribution in [3.63, 3.8) is 0 Å². The van der Waals surface area contributed by atoms with Crippen LogP contribution in [0.25, 0.3) is 0 Å². The van der Waals surface area contributed by atoms with E-state index in [2.05, 4.69) is 5.32 Å². The molecule has 0 aliphatic carbocycles. The average molecular weight is 322 g/mol. The Morgan fingerprint density at radius 2 is 2.05 bits per heavy atom. The van der Waals surface area contributed by atoms with Gasteiger partial charge in [-0.15, -0.1) is 0 Å². The number of aliphatic hydroxyl groups is 3. The van der Waals surface area contributed by atoms with E-state index in [9.17, 15) is 29.7 Å². The highest BCUT2D eigenvalue weighted by atomic mass is 32.1. The molecule has 2 aliphatic rings. The van der Waals surface area contributed by atoms with Crippen molar-refractivity contribution in [2.75, 3.05) is 12.4 Å². The monoisotopic (exact) mass is 322 g/mol. The van der Waals surface area contributed by atoms with Crippen LogP contribution in [0.5, 0.6) is 0 Å². The minimum absolute atomic E-state index is 0.0171. The number of carbonyl (C=O) groups excluding carboxylic acids is 3. The average Bonchev–Trinajstić information content (AvgIpc) is 2.79. The van der Waals surface area contributed by atoms with Gasteiger partial charge in [0.05, 0.1) is 12.5 Å². The van der Waals surface area contributed by atoms with Crippen molar-refractivity contribution in [2.45, 2.75) is 36.9 Å². The molecule has 2 fully saturated rings. The molecule has 2 amide bonds. The van der Waals surface area contributed by atoms with Crippen LogP contribution in [-0.4, -0.2) is 82.0 Å². The summed E-state index contributed by atoms with van der Waals surface area (Å²) in [6, 6.07) is -1.15. The van der Waals surface area contributed by atoms with Crippen LogP contribution in [-0.2, 0) is 19.1 Å². The molecule has 0 radical (unpaired) electrons. The Bertz CT molecular complexity index is 479. The number of amides is 2. The lowest BCUT2D eigenvalue weighted by atomic mass is 9.92. The van der Waals surface area contributed by atoms with Crippen molar-refractivity contribution in [3.05, 3.63) is 0 Å². The first kappa shape index (κ1) is 14.6. The number of thiol groups is 1. The SMILES string of the molecule is [3H]SCCC(=O)OC[C@@H]1[C@@H](O)[C@H](O)[C@H](O)[C@H]2NC(=O)C(=O)N12. The molecule has 2 aliphatic heterocycles. The third-order valence-electron chi connectivity index (χ3n) is 3.50. The first-order valence-corrected chi connectivity index (χ1v) is 6.87. The number of piperidine rings is 1. The number of hydrogen-bond acceptors (Lipinski definition) is 8. The third-order valence-corrected chi connectivity index (χ3v) is 3.71. The van der Waals surface area contributed by atoms with E-state index in [1.54, 1.807) is 0 Å². The molecule has 9 nitrogen and oxygen atoms in total. The van der Waals surface area contributed by atoms with Crippen LogP contribution in [0, 0.1) is 0 Å². The summed E-state index contributed by atoms with van der Waals surface area (Å²) < 4.78 is 11.8. The van der Waals surface area contributed by atoms with Crippen LogP contribution in [0.2, 0.25) is 0 Å². The van der Waals surface area contributed by atoms with Crippen molar-refractivity contribution < 1.29 is 34.4 Å². The van der Waals surface area contributed by atoms with Gasteiger partial charge in [0.15, 0.2) is 0 Å². The Morgan fingerprint density at radius 1 is 1.33 bits per heavy atom. The summed E-state index contributed by atoms with van der Waals surface area (Å²) in [6.07, 6.45) is -5.90. The number of esters is 1. The molecule has 0 saturated carbocycles. The molecule has 0 bridgehead atoms. The van der Waals surface area contributed by atoms with Gasteiger partial charge < -0.3 is 30.3 Å². The number of rotatable bonds is 5. The third kappa shape index (κ3) is 2.84. The van der Waals surface area contributed by atoms with E-state index in [1.165, 1.54) is 0 Å². The predicted octanol–water partition coefficient (Wildman–Crippen LogP) is -3.40. The second-order valence-electron chi connectivity index (χ2n) is 4.81. The molecule has 2 rings (SSSR count). The maximum atomic E-state index is 11.8. The van der Waals surface area contributed by atoms with E-state index in [4.69, 9.17) is 5.86 Å². The largest absolute Gasteiger partial charge is 0.463 e. The Kier molecular flexibility index (Phi) is 4.29. The number of nitrogens with one attached hydrogen (secondary N) is 1. The van der Waals surface area contributed by atoms with E-state index in [0.29, 0.717) is 12.5 Å². The van der Waals surface area contributed by atoms with Crippen LogP contribution in [0.15, 0.2) is 0 Å². The van der Waals surface area contributed by atoms with Crippen molar-refractivity contribution in [2.24, 2.45) is 0 Å². The van der Waals surface area contributed by atoms with Crippen LogP contribution in [0.1, 0.15) is 6.42 Å². The number of aliphatic hydroxyl groups excluding tert-OH is 3. The zero-order valence-corrected chi connectivity index (χ0v) is 11.7. The molecule has 2 heterocycles. The molecule has 0 aromatic carbocycles. The molecule has 0 spiro atoms. The molecule has 118 valence electrons. The van der Waals surface area contributed by atoms with Crippen molar-refractivity contribution >= 4 is 30.3 Å². The van der Waals surface area contributed by atoms with Crippen LogP contribution >= 0.6 is 12.5 Å². The highest BCUT2D eigenvalue weighted by Gasteiger charge is 2.55. The summed E-state index contributed by atoms with van der Waals surface area (Å²) in [5.74, 6) is -2.33. The maximum Gasteiger partial charge on any atom is 0.314 e. The molecule has 0 unspecified atom stereocenters. The molecule has 0 aromatic rings. The second kappa shape index (κ2) is 6.18. The quantitative estimate of drug-likeness (QED) is 0.202. The van der Waals surface area contributed by atoms with E-state index < -0.39 is 54.9 Å². The van der Waals surface area contributed by atoms with Gasteiger partial charge in [0.2, 0.25) is 0 Å². The van der Waals surface area contributed by atoms with Crippen molar-refractivity contribution in [3.8, 4) is 0 Å². The van der Waals surface area contributed by atoms with Gasteiger partial charge in [-0.25, -0.2) is 0 Å². The van der Waals surface area contributed by atoms with Crippen LogP contribution in [0.4, 0.5) is 0 Å². The van der Waals surface area contributed by atoms with Crippen LogP contribution in [0.3, 0.4) is 0 Å². The predicted molar refractivity (Wildman–Crippen MR) is 70.0 cm³/mol. The first-order valence-electron chi connectivity index (χ1n) is 6.70. The zero-order valence-electron chi connectivity index (χ0n) is 11.8. The lowest BCUT2D eigenvalue weighted by Crippen LogP contribution is -2.68. The molecule has 21 heavy (non-hydrogen) atoms. The van der Waals surface area contributed by atoms with E-state index >= 15 is 0 Å². The lowest BCUT2D eigenvalue weighted by molar-refractivity contribution is -0.181. The Balaban J connectivity index is 2.08. The van der Waals surface area contributed by atoms with Gasteiger partial charge >= 0.3 is 17.8 Å². The lowest BCUT2D eigenvalue weighted by Gasteiger charge is -2.44. The molecule has 10 heteroatoms. The van der Waals surface area contributed by atoms with Gasteiger partial charge in [0, 0.05) is 5.75 Å². The number of carbonyl (C=O) groups is 3. The fourth-order valence-electron chi connectivity index (χ4n) is 2.41. The summed E-state index contributed by atoms with van der Waals surface area (Å²) in [5, 5.41) is 31.8. The minimum Gasteiger partial charge on any atom is -0.463 e. The second-order valence-corrected chi connectivity index (χ2v) is 5.22. The number of fused-ring (bicyclic) bond motifs is 1. The maximum absolute atomic E-state index is 11.8. The highest BCUT2D eigenvalue weighted by Crippen LogP contribution is 2.27. The van der Waals surface area contributed by atoms with Gasteiger partial charge in [-0.2, -0.15) is 12.5 Å². The van der Waals surface area contributed by atoms with E-state index in [1.807, 2.05) is 0 Å². The molecule has 4 N–H and O–H groups in total. The van der Waals surface area contributed by atoms with E-state index in [-0.39, 0.29) is 12.2 Å². The summed E-state index contributed by atoms with van der Waals surface area (Å²) in [4.78, 5) is 35.5. The fourth-order valence-corrected chi connectivity index (χ4v) is 2.58. The number of hydrogen-bond donors (Lipinski definition) is 5. The number of nitrogens with zero attached hydrogens (tertiary/aromatic N) is 1. The van der Waals surface area contributed by atoms with Gasteiger partial charge in [0.25, 0.3) is 0 Å². The van der Waals surface area contributed by atoms with Gasteiger partial charge in [-0.05, 0) is 0 Å². The topological polar surface area (TPSA) is 136 Å². The smallest absolute Gasteiger partial charge is 0.314 e. The molecule has 0 aromatic heterocycles. The molecular formula is C11H16N2O7S. The normalized spacial score (nSPS) is 36.0. The van der Waals surface area contributed by atoms with Gasteiger partial charge in [-0.3, -0.25) is 14.4 Å². The highest BCUT2D eigenvalue weighted by molar-refractivity contribution is 7.80. The standard InChI is InChI=1S/C11H16N2O7S/c14-5(1-2-21)20-3-4-6(15)7(16)8(17)9-12-10(18)11(19)13(4)9/h4,6-9,15-17,21H,1-3H2,(H,12,18)/t4-,6-,7+,8+,9+/m1/s1/i/hT. The van der Waals surface area contributed by atoms with Gasteiger partial charge in [-0.1, -0.05) is 0 Å². The van der Waals surface area contributed by atoms with Gasteiger partial charge in [0.1, 0.15) is 32.2 Å². The Labute approximate surface area is 126 Å². The summed E-state index contributed by atoms with van der Waals surface area (Å²) in [6.45, 7) is -0.427. The zero-order chi connectivity index (χ0) is 16.4. The van der Waals surface area contributed by atoms with E-state index in [0.717, 1.165) is 4.90 Å². The molecule has 2 saturated heterocycles. The van der Waals surface area contributed by atoms with Crippen molar-refractivity contribution in [1.29, 1.82) is 1.12 Å². The summed E-state index contributed by atoms with van der Waals surface area (Å²) >= 11 is 0.716.